The Kier molecular flexibility index (Phi) is 5.94. The van der Waals surface area contributed by atoms with Crippen LogP contribution in [0.1, 0.15) is 60.3 Å². The maximum Gasteiger partial charge on any atom is 0.0274 e. The van der Waals surface area contributed by atoms with Gasteiger partial charge in [0.2, 0.25) is 0 Å². The second-order valence-corrected chi connectivity index (χ2v) is 6.15. The van der Waals surface area contributed by atoms with Crippen molar-refractivity contribution in [1.29, 1.82) is 0 Å². The Hall–Kier alpha value is -0.0800. The summed E-state index contributed by atoms with van der Waals surface area (Å²) in [7, 11) is 0. The van der Waals surface area contributed by atoms with Gasteiger partial charge in [0.1, 0.15) is 0 Å². The predicted octanol–water partition coefficient (Wildman–Crippen LogP) is 3.28. The Bertz CT molecular complexity index is 213. The smallest absolute Gasteiger partial charge is 0.0274 e. The van der Waals surface area contributed by atoms with Gasteiger partial charge in [-0.05, 0) is 50.7 Å². The number of hydrogen-bond acceptors (Lipinski definition) is 2. The molecule has 0 radical (unpaired) electrons. The van der Waals surface area contributed by atoms with Gasteiger partial charge in [-0.1, -0.05) is 34.6 Å². The number of likely N-dealkylation sites (N-methyl/N-ethyl adjacent to an activating group) is 1. The molecule has 1 N–H and O–H groups in total. The quantitative estimate of drug-likeness (QED) is 0.735. The zero-order valence-electron chi connectivity index (χ0n) is 12.6. The van der Waals surface area contributed by atoms with Crippen molar-refractivity contribution in [2.45, 2.75) is 72.4 Å². The van der Waals surface area contributed by atoms with Crippen LogP contribution in [-0.4, -0.2) is 36.6 Å². The minimum Gasteiger partial charge on any atom is -0.312 e. The standard InChI is InChI=1S/C15H32N2/c1-6-11-16-14-13(9-10-15(14,4)5)17(8-3)12-7-2/h13-14,16H,6-12H2,1-5H3. The third-order valence-corrected chi connectivity index (χ3v) is 4.31. The van der Waals surface area contributed by atoms with Gasteiger partial charge >= 0.3 is 0 Å². The molecule has 102 valence electrons. The van der Waals surface area contributed by atoms with Crippen molar-refractivity contribution in [3.05, 3.63) is 0 Å². The zero-order chi connectivity index (χ0) is 12.9. The molecule has 1 rings (SSSR count). The largest absolute Gasteiger partial charge is 0.312 e. The van der Waals surface area contributed by atoms with Gasteiger partial charge in [0.15, 0.2) is 0 Å². The fraction of sp³-hybridized carbons (Fsp3) is 1.00. The molecule has 17 heavy (non-hydrogen) atoms. The van der Waals surface area contributed by atoms with E-state index in [1.165, 1.54) is 38.8 Å². The summed E-state index contributed by atoms with van der Waals surface area (Å²) in [6, 6.07) is 1.43. The predicted molar refractivity (Wildman–Crippen MR) is 76.4 cm³/mol. The molecular weight excluding hydrogens is 208 g/mol. The summed E-state index contributed by atoms with van der Waals surface area (Å²) in [4.78, 5) is 2.68. The number of rotatable bonds is 7. The number of nitrogens with zero attached hydrogens (tertiary/aromatic N) is 1. The lowest BCUT2D eigenvalue weighted by Gasteiger charge is -2.37. The van der Waals surface area contributed by atoms with Crippen LogP contribution in [-0.2, 0) is 0 Å². The first-order valence-corrected chi connectivity index (χ1v) is 7.54. The van der Waals surface area contributed by atoms with E-state index in [0.29, 0.717) is 11.5 Å². The lowest BCUT2D eigenvalue weighted by atomic mass is 9.86. The third-order valence-electron chi connectivity index (χ3n) is 4.31. The van der Waals surface area contributed by atoms with Crippen molar-refractivity contribution in [1.82, 2.24) is 10.2 Å². The van der Waals surface area contributed by atoms with Gasteiger partial charge < -0.3 is 5.32 Å². The molecule has 0 amide bonds. The summed E-state index contributed by atoms with van der Waals surface area (Å²) in [6.45, 7) is 15.3. The lowest BCUT2D eigenvalue weighted by Crippen LogP contribution is -2.52. The highest BCUT2D eigenvalue weighted by Crippen LogP contribution is 2.39. The molecule has 0 aromatic rings. The van der Waals surface area contributed by atoms with Crippen LogP contribution >= 0.6 is 0 Å². The molecule has 0 spiro atoms. The SMILES string of the molecule is CCCNC1C(N(CC)CCC)CCC1(C)C. The van der Waals surface area contributed by atoms with Crippen molar-refractivity contribution >= 4 is 0 Å². The van der Waals surface area contributed by atoms with E-state index in [9.17, 15) is 0 Å². The number of hydrogen-bond donors (Lipinski definition) is 1. The summed E-state index contributed by atoms with van der Waals surface area (Å²) in [6.07, 6.45) is 5.23. The Balaban J connectivity index is 2.68. The van der Waals surface area contributed by atoms with E-state index in [-0.39, 0.29) is 0 Å². The van der Waals surface area contributed by atoms with Gasteiger partial charge in [-0.2, -0.15) is 0 Å². The molecule has 2 atom stereocenters. The molecule has 0 heterocycles. The van der Waals surface area contributed by atoms with Gasteiger partial charge in [0.05, 0.1) is 0 Å². The number of nitrogens with one attached hydrogen (secondary N) is 1. The second kappa shape index (κ2) is 6.75. The molecule has 0 aliphatic heterocycles. The van der Waals surface area contributed by atoms with Crippen LogP contribution in [0.4, 0.5) is 0 Å². The molecule has 0 aromatic carbocycles. The van der Waals surface area contributed by atoms with Crippen LogP contribution in [0, 0.1) is 5.41 Å². The van der Waals surface area contributed by atoms with Crippen molar-refractivity contribution in [3.63, 3.8) is 0 Å². The topological polar surface area (TPSA) is 15.3 Å². The highest BCUT2D eigenvalue weighted by molar-refractivity contribution is 5.00. The van der Waals surface area contributed by atoms with Crippen molar-refractivity contribution in [2.24, 2.45) is 5.41 Å². The Morgan fingerprint density at radius 2 is 1.88 bits per heavy atom. The van der Waals surface area contributed by atoms with Gasteiger partial charge in [0.25, 0.3) is 0 Å². The zero-order valence-corrected chi connectivity index (χ0v) is 12.6. The molecule has 1 saturated carbocycles. The van der Waals surface area contributed by atoms with Crippen LogP contribution in [0.25, 0.3) is 0 Å². The van der Waals surface area contributed by atoms with Crippen LogP contribution in [0.3, 0.4) is 0 Å². The molecule has 0 saturated heterocycles. The Labute approximate surface area is 108 Å². The summed E-state index contributed by atoms with van der Waals surface area (Å²) in [5.74, 6) is 0. The van der Waals surface area contributed by atoms with E-state index in [2.05, 4.69) is 44.8 Å². The third kappa shape index (κ3) is 3.69. The molecule has 2 heteroatoms. The molecule has 0 aromatic heterocycles. The van der Waals surface area contributed by atoms with Crippen molar-refractivity contribution in [2.75, 3.05) is 19.6 Å². The van der Waals surface area contributed by atoms with Crippen LogP contribution < -0.4 is 5.32 Å². The van der Waals surface area contributed by atoms with E-state index in [1.807, 2.05) is 0 Å². The fourth-order valence-electron chi connectivity index (χ4n) is 3.31. The van der Waals surface area contributed by atoms with Gasteiger partial charge in [-0.15, -0.1) is 0 Å². The first-order valence-electron chi connectivity index (χ1n) is 7.54. The normalized spacial score (nSPS) is 27.9. The van der Waals surface area contributed by atoms with E-state index in [0.717, 1.165) is 12.6 Å². The first-order chi connectivity index (χ1) is 8.06. The van der Waals surface area contributed by atoms with Crippen molar-refractivity contribution < 1.29 is 0 Å². The van der Waals surface area contributed by atoms with Gasteiger partial charge in [-0.3, -0.25) is 4.90 Å². The Morgan fingerprint density at radius 1 is 1.18 bits per heavy atom. The maximum atomic E-state index is 3.80. The van der Waals surface area contributed by atoms with Crippen LogP contribution in [0.5, 0.6) is 0 Å². The molecule has 2 nitrogen and oxygen atoms in total. The lowest BCUT2D eigenvalue weighted by molar-refractivity contribution is 0.150. The summed E-state index contributed by atoms with van der Waals surface area (Å²) in [5.41, 5.74) is 0.459. The summed E-state index contributed by atoms with van der Waals surface area (Å²) < 4.78 is 0. The maximum absolute atomic E-state index is 3.80. The van der Waals surface area contributed by atoms with E-state index < -0.39 is 0 Å². The molecule has 1 fully saturated rings. The van der Waals surface area contributed by atoms with E-state index >= 15 is 0 Å². The molecule has 1 aliphatic rings. The monoisotopic (exact) mass is 240 g/mol. The molecule has 0 bridgehead atoms. The average Bonchev–Trinajstić information content (AvgIpc) is 2.59. The minimum absolute atomic E-state index is 0.459. The van der Waals surface area contributed by atoms with E-state index in [4.69, 9.17) is 0 Å². The van der Waals surface area contributed by atoms with Gasteiger partial charge in [-0.25, -0.2) is 0 Å². The fourth-order valence-corrected chi connectivity index (χ4v) is 3.31. The first kappa shape index (κ1) is 15.0. The molecule has 1 aliphatic carbocycles. The van der Waals surface area contributed by atoms with Crippen LogP contribution in [0.2, 0.25) is 0 Å². The highest BCUT2D eigenvalue weighted by atomic mass is 15.2. The second-order valence-electron chi connectivity index (χ2n) is 6.15. The van der Waals surface area contributed by atoms with E-state index in [1.54, 1.807) is 0 Å². The minimum atomic E-state index is 0.459. The van der Waals surface area contributed by atoms with Crippen molar-refractivity contribution in [3.8, 4) is 0 Å². The highest BCUT2D eigenvalue weighted by Gasteiger charge is 2.43. The molecular formula is C15H32N2. The van der Waals surface area contributed by atoms with Crippen LogP contribution in [0.15, 0.2) is 0 Å². The Morgan fingerprint density at radius 3 is 2.41 bits per heavy atom. The van der Waals surface area contributed by atoms with Gasteiger partial charge in [0, 0.05) is 12.1 Å². The molecule has 2 unspecified atom stereocenters. The average molecular weight is 240 g/mol. The summed E-state index contributed by atoms with van der Waals surface area (Å²) in [5, 5.41) is 3.80. The summed E-state index contributed by atoms with van der Waals surface area (Å²) >= 11 is 0.